The summed E-state index contributed by atoms with van der Waals surface area (Å²) in [6.07, 6.45) is 0. The highest BCUT2D eigenvalue weighted by atomic mass is 16.5. The lowest BCUT2D eigenvalue weighted by Gasteiger charge is -2.08. The number of nitrogens with zero attached hydrogens (tertiary/aromatic N) is 1. The number of hydrogen-bond donors (Lipinski definition) is 0. The molecule has 0 spiro atoms. The first-order valence-corrected chi connectivity index (χ1v) is 7.53. The summed E-state index contributed by atoms with van der Waals surface area (Å²) < 4.78 is 5.83. The normalized spacial score (nSPS) is 10.1. The van der Waals surface area contributed by atoms with E-state index >= 15 is 0 Å². The molecular weight excluding hydrogens is 282 g/mol. The maximum Gasteiger partial charge on any atom is 0.119 e. The van der Waals surface area contributed by atoms with Crippen LogP contribution in [0, 0.1) is 18.3 Å². The van der Waals surface area contributed by atoms with E-state index in [2.05, 4.69) is 31.2 Å². The molecule has 2 heteroatoms. The smallest absolute Gasteiger partial charge is 0.119 e. The Balaban J connectivity index is 1.68. The minimum atomic E-state index is 0.567. The van der Waals surface area contributed by atoms with Crippen LogP contribution in [0.25, 0.3) is 11.1 Å². The van der Waals surface area contributed by atoms with E-state index in [-0.39, 0.29) is 0 Å². The fourth-order valence-corrected chi connectivity index (χ4v) is 2.45. The number of hydrogen-bond acceptors (Lipinski definition) is 2. The molecule has 0 aliphatic carbocycles. The molecule has 112 valence electrons. The van der Waals surface area contributed by atoms with Crippen LogP contribution >= 0.6 is 0 Å². The third-order valence-corrected chi connectivity index (χ3v) is 3.69. The van der Waals surface area contributed by atoms with Crippen LogP contribution in [-0.2, 0) is 6.61 Å². The summed E-state index contributed by atoms with van der Waals surface area (Å²) in [5.41, 5.74) is 5.28. The minimum absolute atomic E-state index is 0.567. The summed E-state index contributed by atoms with van der Waals surface area (Å²) >= 11 is 0. The van der Waals surface area contributed by atoms with Crippen molar-refractivity contribution in [2.75, 3.05) is 0 Å². The molecule has 0 heterocycles. The average Bonchev–Trinajstić information content (AvgIpc) is 2.61. The van der Waals surface area contributed by atoms with Gasteiger partial charge >= 0.3 is 0 Å². The van der Waals surface area contributed by atoms with Gasteiger partial charge in [0.2, 0.25) is 0 Å². The number of aryl methyl sites for hydroxylation is 1. The predicted molar refractivity (Wildman–Crippen MR) is 92.1 cm³/mol. The van der Waals surface area contributed by atoms with Gasteiger partial charge in [-0.15, -0.1) is 0 Å². The van der Waals surface area contributed by atoms with Crippen LogP contribution in [0.4, 0.5) is 0 Å². The van der Waals surface area contributed by atoms with E-state index < -0.39 is 0 Å². The van der Waals surface area contributed by atoms with Crippen LogP contribution in [0.1, 0.15) is 16.7 Å². The summed E-state index contributed by atoms with van der Waals surface area (Å²) in [6, 6.07) is 26.1. The molecule has 0 bridgehead atoms. The molecule has 2 nitrogen and oxygen atoms in total. The van der Waals surface area contributed by atoms with Crippen molar-refractivity contribution in [3.63, 3.8) is 0 Å². The Morgan fingerprint density at radius 2 is 1.52 bits per heavy atom. The zero-order valence-electron chi connectivity index (χ0n) is 13.0. The van der Waals surface area contributed by atoms with E-state index in [1.165, 1.54) is 11.1 Å². The van der Waals surface area contributed by atoms with Gasteiger partial charge < -0.3 is 4.74 Å². The van der Waals surface area contributed by atoms with E-state index in [1.807, 2.05) is 54.6 Å². The molecule has 0 N–H and O–H groups in total. The van der Waals surface area contributed by atoms with Crippen LogP contribution in [-0.4, -0.2) is 0 Å². The van der Waals surface area contributed by atoms with Crippen LogP contribution in [0.15, 0.2) is 72.8 Å². The number of rotatable bonds is 4. The third-order valence-electron chi connectivity index (χ3n) is 3.69. The van der Waals surface area contributed by atoms with Gasteiger partial charge in [0.1, 0.15) is 12.4 Å². The molecule has 0 aliphatic heterocycles. The maximum atomic E-state index is 8.84. The monoisotopic (exact) mass is 299 g/mol. The van der Waals surface area contributed by atoms with Crippen molar-refractivity contribution in [2.24, 2.45) is 0 Å². The van der Waals surface area contributed by atoms with Crippen molar-refractivity contribution in [2.45, 2.75) is 13.5 Å². The van der Waals surface area contributed by atoms with Gasteiger partial charge in [0.05, 0.1) is 11.6 Å². The van der Waals surface area contributed by atoms with Crippen molar-refractivity contribution in [1.29, 1.82) is 5.26 Å². The zero-order chi connectivity index (χ0) is 16.1. The zero-order valence-corrected chi connectivity index (χ0v) is 13.0. The fourth-order valence-electron chi connectivity index (χ4n) is 2.45. The predicted octanol–water partition coefficient (Wildman–Crippen LogP) is 5.11. The Bertz CT molecular complexity index is 827. The molecule has 0 atom stereocenters. The van der Waals surface area contributed by atoms with Gasteiger partial charge in [-0.25, -0.2) is 0 Å². The van der Waals surface area contributed by atoms with E-state index in [9.17, 15) is 0 Å². The second-order valence-electron chi connectivity index (χ2n) is 5.49. The molecule has 3 aromatic rings. The lowest BCUT2D eigenvalue weighted by molar-refractivity contribution is 0.306. The van der Waals surface area contributed by atoms with Crippen LogP contribution in [0.5, 0.6) is 5.75 Å². The van der Waals surface area contributed by atoms with Gasteiger partial charge in [0.25, 0.3) is 0 Å². The van der Waals surface area contributed by atoms with E-state index in [0.717, 1.165) is 16.9 Å². The molecule has 0 saturated heterocycles. The molecule has 0 aromatic heterocycles. The largest absolute Gasteiger partial charge is 0.489 e. The van der Waals surface area contributed by atoms with Crippen molar-refractivity contribution in [1.82, 2.24) is 0 Å². The summed E-state index contributed by atoms with van der Waals surface area (Å²) in [4.78, 5) is 0. The third kappa shape index (κ3) is 3.78. The van der Waals surface area contributed by atoms with Gasteiger partial charge in [0, 0.05) is 0 Å². The topological polar surface area (TPSA) is 33.0 Å². The van der Waals surface area contributed by atoms with E-state index in [4.69, 9.17) is 10.00 Å². The molecule has 0 radical (unpaired) electrons. The summed E-state index contributed by atoms with van der Waals surface area (Å²) in [5.74, 6) is 0.851. The highest BCUT2D eigenvalue weighted by Gasteiger charge is 2.00. The Hall–Kier alpha value is -3.05. The first kappa shape index (κ1) is 14.9. The van der Waals surface area contributed by atoms with Crippen LogP contribution in [0.3, 0.4) is 0 Å². The molecule has 0 unspecified atom stereocenters. The summed E-state index contributed by atoms with van der Waals surface area (Å²) in [5, 5.41) is 8.84. The molecule has 0 amide bonds. The summed E-state index contributed by atoms with van der Waals surface area (Å²) in [6.45, 7) is 2.65. The van der Waals surface area contributed by atoms with Crippen LogP contribution in [0.2, 0.25) is 0 Å². The minimum Gasteiger partial charge on any atom is -0.489 e. The molecule has 0 aliphatic rings. The quantitative estimate of drug-likeness (QED) is 0.670. The first-order valence-electron chi connectivity index (χ1n) is 7.53. The number of ether oxygens (including phenoxy) is 1. The summed E-state index contributed by atoms with van der Waals surface area (Å²) in [7, 11) is 0. The Kier molecular flexibility index (Phi) is 4.40. The molecule has 0 fully saturated rings. The Morgan fingerprint density at radius 1 is 0.870 bits per heavy atom. The van der Waals surface area contributed by atoms with Crippen molar-refractivity contribution in [3.05, 3.63) is 89.5 Å². The molecule has 0 saturated carbocycles. The highest BCUT2D eigenvalue weighted by Crippen LogP contribution is 2.23. The van der Waals surface area contributed by atoms with Crippen molar-refractivity contribution >= 4 is 0 Å². The molecule has 3 rings (SSSR count). The highest BCUT2D eigenvalue weighted by molar-refractivity contribution is 5.64. The first-order chi connectivity index (χ1) is 11.2. The fraction of sp³-hybridized carbons (Fsp3) is 0.0952. The van der Waals surface area contributed by atoms with E-state index in [0.29, 0.717) is 12.2 Å². The molecule has 23 heavy (non-hydrogen) atoms. The van der Waals surface area contributed by atoms with Gasteiger partial charge in [-0.3, -0.25) is 0 Å². The van der Waals surface area contributed by atoms with Gasteiger partial charge in [0.15, 0.2) is 0 Å². The SMILES string of the molecule is Cc1cccc(COc2ccc(-c3ccc(C#N)cc3)cc2)c1. The maximum absolute atomic E-state index is 8.84. The van der Waals surface area contributed by atoms with Crippen molar-refractivity contribution in [3.8, 4) is 22.9 Å². The molecular formula is C21H17NO. The van der Waals surface area contributed by atoms with Crippen molar-refractivity contribution < 1.29 is 4.74 Å². The average molecular weight is 299 g/mol. The Morgan fingerprint density at radius 3 is 2.13 bits per heavy atom. The lowest BCUT2D eigenvalue weighted by atomic mass is 10.0. The van der Waals surface area contributed by atoms with E-state index in [1.54, 1.807) is 0 Å². The Labute approximate surface area is 136 Å². The van der Waals surface area contributed by atoms with Crippen LogP contribution < -0.4 is 4.74 Å². The van der Waals surface area contributed by atoms with Gasteiger partial charge in [-0.1, -0.05) is 54.1 Å². The molecule has 3 aromatic carbocycles. The van der Waals surface area contributed by atoms with Gasteiger partial charge in [-0.2, -0.15) is 5.26 Å². The standard InChI is InChI=1S/C21H17NO/c1-16-3-2-4-18(13-16)15-23-21-11-9-20(10-12-21)19-7-5-17(14-22)6-8-19/h2-13H,15H2,1H3. The lowest BCUT2D eigenvalue weighted by Crippen LogP contribution is -1.95. The number of nitriles is 1. The second-order valence-corrected chi connectivity index (χ2v) is 5.49. The second kappa shape index (κ2) is 6.81. The number of benzene rings is 3. The van der Waals surface area contributed by atoms with Gasteiger partial charge in [-0.05, 0) is 47.9 Å².